The maximum atomic E-state index is 12.1. The van der Waals surface area contributed by atoms with E-state index in [1.807, 2.05) is 6.07 Å². The fourth-order valence-electron chi connectivity index (χ4n) is 3.27. The van der Waals surface area contributed by atoms with Crippen LogP contribution in [0.2, 0.25) is 0 Å². The van der Waals surface area contributed by atoms with Gasteiger partial charge in [-0.3, -0.25) is 14.9 Å². The monoisotopic (exact) mass is 406 g/mol. The third kappa shape index (κ3) is 7.29. The number of benzene rings is 1. The maximum Gasteiger partial charge on any atom is 0.321 e. The zero-order chi connectivity index (χ0) is 21.2. The number of aryl methyl sites for hydroxylation is 1. The highest BCUT2D eigenvalue weighted by Gasteiger charge is 2.22. The standard InChI is InChI=1S/C21H30N2O6/c1-14(20(25)23-21(26)22-16-7-5-4-6-8-16)29-19(24)12-10-15-9-11-17(27-2)18(13-15)28-3/h9,11,13-14,16H,4-8,10,12H2,1-3H3,(H2,22,23,25,26). The highest BCUT2D eigenvalue weighted by atomic mass is 16.5. The Morgan fingerprint density at radius 2 is 1.76 bits per heavy atom. The molecule has 0 saturated heterocycles. The molecule has 160 valence electrons. The third-order valence-electron chi connectivity index (χ3n) is 4.92. The van der Waals surface area contributed by atoms with Crippen LogP contribution in [0.3, 0.4) is 0 Å². The van der Waals surface area contributed by atoms with Crippen molar-refractivity contribution in [2.75, 3.05) is 14.2 Å². The Morgan fingerprint density at radius 1 is 1.07 bits per heavy atom. The predicted molar refractivity (Wildman–Crippen MR) is 107 cm³/mol. The van der Waals surface area contributed by atoms with Crippen LogP contribution < -0.4 is 20.1 Å². The molecule has 1 saturated carbocycles. The molecule has 0 radical (unpaired) electrons. The first-order chi connectivity index (χ1) is 13.9. The highest BCUT2D eigenvalue weighted by molar-refractivity contribution is 5.97. The molecule has 1 aliphatic carbocycles. The Bertz CT molecular complexity index is 715. The minimum atomic E-state index is -1.05. The normalized spacial score (nSPS) is 15.1. The van der Waals surface area contributed by atoms with E-state index in [0.29, 0.717) is 17.9 Å². The Kier molecular flexibility index (Phi) is 8.76. The fraction of sp³-hybridized carbons (Fsp3) is 0.571. The lowest BCUT2D eigenvalue weighted by atomic mass is 9.96. The Balaban J connectivity index is 1.74. The number of urea groups is 1. The molecule has 1 aliphatic rings. The van der Waals surface area contributed by atoms with Crippen LogP contribution in [0.1, 0.15) is 51.0 Å². The maximum absolute atomic E-state index is 12.1. The van der Waals surface area contributed by atoms with Gasteiger partial charge in [-0.05, 0) is 43.9 Å². The van der Waals surface area contributed by atoms with Crippen LogP contribution in [0.25, 0.3) is 0 Å². The van der Waals surface area contributed by atoms with Crippen molar-refractivity contribution < 1.29 is 28.6 Å². The van der Waals surface area contributed by atoms with Gasteiger partial charge in [-0.2, -0.15) is 0 Å². The lowest BCUT2D eigenvalue weighted by Crippen LogP contribution is -2.48. The van der Waals surface area contributed by atoms with Gasteiger partial charge >= 0.3 is 12.0 Å². The van der Waals surface area contributed by atoms with Crippen LogP contribution >= 0.6 is 0 Å². The summed E-state index contributed by atoms with van der Waals surface area (Å²) in [5, 5.41) is 5.03. The van der Waals surface area contributed by atoms with Crippen LogP contribution in [0.15, 0.2) is 18.2 Å². The molecule has 1 aromatic rings. The summed E-state index contributed by atoms with van der Waals surface area (Å²) in [6.07, 6.45) is 4.64. The number of carbonyl (C=O) groups is 3. The number of rotatable bonds is 8. The van der Waals surface area contributed by atoms with Gasteiger partial charge in [-0.1, -0.05) is 25.3 Å². The van der Waals surface area contributed by atoms with Gasteiger partial charge in [0, 0.05) is 12.5 Å². The summed E-state index contributed by atoms with van der Waals surface area (Å²) in [4.78, 5) is 36.1. The van der Waals surface area contributed by atoms with Gasteiger partial charge < -0.3 is 19.5 Å². The summed E-state index contributed by atoms with van der Waals surface area (Å²) in [6, 6.07) is 4.93. The number of hydrogen-bond acceptors (Lipinski definition) is 6. The van der Waals surface area contributed by atoms with Gasteiger partial charge in [-0.15, -0.1) is 0 Å². The van der Waals surface area contributed by atoms with Crippen molar-refractivity contribution in [3.05, 3.63) is 23.8 Å². The number of hydrogen-bond donors (Lipinski definition) is 2. The lowest BCUT2D eigenvalue weighted by molar-refractivity contribution is -0.154. The van der Waals surface area contributed by atoms with E-state index in [2.05, 4.69) is 10.6 Å². The molecular formula is C21H30N2O6. The quantitative estimate of drug-likeness (QED) is 0.644. The van der Waals surface area contributed by atoms with Crippen molar-refractivity contribution in [2.45, 2.75) is 64.0 Å². The van der Waals surface area contributed by atoms with E-state index in [1.54, 1.807) is 26.4 Å². The van der Waals surface area contributed by atoms with Crippen molar-refractivity contribution in [1.29, 1.82) is 0 Å². The van der Waals surface area contributed by atoms with E-state index >= 15 is 0 Å². The minimum Gasteiger partial charge on any atom is -0.493 e. The van der Waals surface area contributed by atoms with Gasteiger partial charge in [0.2, 0.25) is 0 Å². The average molecular weight is 406 g/mol. The topological polar surface area (TPSA) is 103 Å². The molecule has 1 atom stereocenters. The average Bonchev–Trinajstić information content (AvgIpc) is 2.72. The van der Waals surface area contributed by atoms with Gasteiger partial charge in [-0.25, -0.2) is 4.79 Å². The molecule has 1 aromatic carbocycles. The lowest BCUT2D eigenvalue weighted by Gasteiger charge is -2.23. The van der Waals surface area contributed by atoms with E-state index in [-0.39, 0.29) is 12.5 Å². The van der Waals surface area contributed by atoms with Crippen molar-refractivity contribution in [3.8, 4) is 11.5 Å². The number of ether oxygens (including phenoxy) is 3. The first-order valence-corrected chi connectivity index (χ1v) is 9.94. The van der Waals surface area contributed by atoms with E-state index < -0.39 is 24.0 Å². The zero-order valence-electron chi connectivity index (χ0n) is 17.3. The summed E-state index contributed by atoms with van der Waals surface area (Å²) in [5.74, 6) is 0.0265. The zero-order valence-corrected chi connectivity index (χ0v) is 17.3. The predicted octanol–water partition coefficient (Wildman–Crippen LogP) is 2.73. The summed E-state index contributed by atoms with van der Waals surface area (Å²) < 4.78 is 15.6. The molecule has 0 spiro atoms. The van der Waals surface area contributed by atoms with E-state index in [4.69, 9.17) is 14.2 Å². The summed E-state index contributed by atoms with van der Waals surface area (Å²) in [7, 11) is 3.09. The van der Waals surface area contributed by atoms with E-state index in [0.717, 1.165) is 31.2 Å². The minimum absolute atomic E-state index is 0.0934. The first-order valence-electron chi connectivity index (χ1n) is 9.94. The Labute approximate surface area is 171 Å². The summed E-state index contributed by atoms with van der Waals surface area (Å²) in [6.45, 7) is 1.44. The number of methoxy groups -OCH3 is 2. The molecule has 0 heterocycles. The Hall–Kier alpha value is -2.77. The molecule has 8 nitrogen and oxygen atoms in total. The van der Waals surface area contributed by atoms with Crippen LogP contribution in [-0.2, 0) is 20.7 Å². The number of imide groups is 1. The Morgan fingerprint density at radius 3 is 2.41 bits per heavy atom. The van der Waals surface area contributed by atoms with Gasteiger partial charge in [0.25, 0.3) is 5.91 Å². The molecule has 1 unspecified atom stereocenters. The van der Waals surface area contributed by atoms with Crippen LogP contribution in [0, 0.1) is 0 Å². The summed E-state index contributed by atoms with van der Waals surface area (Å²) in [5.41, 5.74) is 0.878. The number of esters is 1. The molecule has 0 aliphatic heterocycles. The third-order valence-corrected chi connectivity index (χ3v) is 4.92. The van der Waals surface area contributed by atoms with Gasteiger partial charge in [0.15, 0.2) is 17.6 Å². The van der Waals surface area contributed by atoms with Crippen molar-refractivity contribution >= 4 is 17.9 Å². The largest absolute Gasteiger partial charge is 0.493 e. The molecular weight excluding hydrogens is 376 g/mol. The smallest absolute Gasteiger partial charge is 0.321 e. The molecule has 3 amide bonds. The number of carbonyl (C=O) groups excluding carboxylic acids is 3. The molecule has 2 rings (SSSR count). The number of amides is 3. The van der Waals surface area contributed by atoms with Gasteiger partial charge in [0.05, 0.1) is 14.2 Å². The SMILES string of the molecule is COc1ccc(CCC(=O)OC(C)C(=O)NC(=O)NC2CCCCC2)cc1OC. The second-order valence-electron chi connectivity index (χ2n) is 7.12. The number of nitrogens with one attached hydrogen (secondary N) is 2. The molecule has 29 heavy (non-hydrogen) atoms. The molecule has 0 bridgehead atoms. The molecule has 1 fully saturated rings. The fourth-order valence-corrected chi connectivity index (χ4v) is 3.27. The van der Waals surface area contributed by atoms with E-state index in [1.165, 1.54) is 13.3 Å². The second kappa shape index (κ2) is 11.3. The molecule has 0 aromatic heterocycles. The van der Waals surface area contributed by atoms with Crippen molar-refractivity contribution in [1.82, 2.24) is 10.6 Å². The van der Waals surface area contributed by atoms with Crippen LogP contribution in [0.5, 0.6) is 11.5 Å². The van der Waals surface area contributed by atoms with E-state index in [9.17, 15) is 14.4 Å². The van der Waals surface area contributed by atoms with Crippen molar-refractivity contribution in [3.63, 3.8) is 0 Å². The van der Waals surface area contributed by atoms with Crippen LogP contribution in [-0.4, -0.2) is 44.3 Å². The highest BCUT2D eigenvalue weighted by Crippen LogP contribution is 2.28. The molecule has 2 N–H and O–H groups in total. The molecule has 8 heteroatoms. The van der Waals surface area contributed by atoms with Gasteiger partial charge in [0.1, 0.15) is 0 Å². The van der Waals surface area contributed by atoms with Crippen LogP contribution in [0.4, 0.5) is 4.79 Å². The van der Waals surface area contributed by atoms with Crippen molar-refractivity contribution in [2.24, 2.45) is 0 Å². The first kappa shape index (κ1) is 22.5. The second-order valence-corrected chi connectivity index (χ2v) is 7.12. The summed E-state index contributed by atoms with van der Waals surface area (Å²) >= 11 is 0.